The standard InChI is InChI=1S/C15H23N3O2S.2ClH/c1-9-17-11-4-3-5-12(14(11)21-9)18(2)15(19)13-7-6-10(8-16)20-13;;/h10,12-13H,3-8,16H2,1-2H3;2*1H/t10-,12?,13+;;/m1../s1. The summed E-state index contributed by atoms with van der Waals surface area (Å²) in [6, 6.07) is 0.160. The SMILES string of the molecule is Cc1nc2c(s1)C(N(C)C(=O)[C@@H]1CC[C@H](CN)O1)CCC2.Cl.Cl. The average Bonchev–Trinajstić information content (AvgIpc) is 3.10. The van der Waals surface area contributed by atoms with Gasteiger partial charge < -0.3 is 15.4 Å². The molecule has 0 aromatic carbocycles. The largest absolute Gasteiger partial charge is 0.364 e. The van der Waals surface area contributed by atoms with Crippen molar-refractivity contribution in [2.75, 3.05) is 13.6 Å². The molecule has 2 N–H and O–H groups in total. The molecule has 1 aliphatic heterocycles. The molecule has 8 heteroatoms. The number of carbonyl (C=O) groups excluding carboxylic acids is 1. The molecule has 2 aliphatic rings. The van der Waals surface area contributed by atoms with E-state index in [0.717, 1.165) is 37.1 Å². The van der Waals surface area contributed by atoms with Gasteiger partial charge in [0.1, 0.15) is 6.10 Å². The zero-order valence-electron chi connectivity index (χ0n) is 13.5. The van der Waals surface area contributed by atoms with Crippen LogP contribution >= 0.6 is 36.2 Å². The van der Waals surface area contributed by atoms with Gasteiger partial charge in [0.15, 0.2) is 0 Å². The molecule has 0 radical (unpaired) electrons. The smallest absolute Gasteiger partial charge is 0.251 e. The summed E-state index contributed by atoms with van der Waals surface area (Å²) in [5.41, 5.74) is 6.81. The number of halogens is 2. The van der Waals surface area contributed by atoms with Crippen LogP contribution in [0.4, 0.5) is 0 Å². The van der Waals surface area contributed by atoms with Gasteiger partial charge in [-0.3, -0.25) is 4.79 Å². The molecule has 1 unspecified atom stereocenters. The monoisotopic (exact) mass is 381 g/mol. The zero-order valence-corrected chi connectivity index (χ0v) is 15.9. The van der Waals surface area contributed by atoms with Crippen LogP contribution in [-0.2, 0) is 16.0 Å². The van der Waals surface area contributed by atoms with E-state index in [4.69, 9.17) is 10.5 Å². The summed E-state index contributed by atoms with van der Waals surface area (Å²) in [6.45, 7) is 2.53. The highest BCUT2D eigenvalue weighted by molar-refractivity contribution is 7.11. The number of amides is 1. The first kappa shape index (κ1) is 20.6. The lowest BCUT2D eigenvalue weighted by Crippen LogP contribution is -2.40. The van der Waals surface area contributed by atoms with Gasteiger partial charge in [0.05, 0.1) is 27.7 Å². The highest BCUT2D eigenvalue weighted by Crippen LogP contribution is 2.38. The third-order valence-corrected chi connectivity index (χ3v) is 5.60. The Labute approximate surface area is 153 Å². The molecule has 0 spiro atoms. The molecule has 0 bridgehead atoms. The van der Waals surface area contributed by atoms with Crippen molar-refractivity contribution in [3.8, 4) is 0 Å². The summed E-state index contributed by atoms with van der Waals surface area (Å²) >= 11 is 1.73. The van der Waals surface area contributed by atoms with Gasteiger partial charge in [-0.05, 0) is 39.0 Å². The van der Waals surface area contributed by atoms with Gasteiger partial charge in [-0.2, -0.15) is 0 Å². The lowest BCUT2D eigenvalue weighted by molar-refractivity contribution is -0.143. The van der Waals surface area contributed by atoms with E-state index in [2.05, 4.69) is 4.98 Å². The number of thiazole rings is 1. The van der Waals surface area contributed by atoms with E-state index < -0.39 is 0 Å². The first-order valence-electron chi connectivity index (χ1n) is 7.68. The van der Waals surface area contributed by atoms with E-state index in [1.807, 2.05) is 18.9 Å². The van der Waals surface area contributed by atoms with Crippen LogP contribution in [0.15, 0.2) is 0 Å². The summed E-state index contributed by atoms with van der Waals surface area (Å²) in [5, 5.41) is 1.09. The molecule has 1 saturated heterocycles. The maximum absolute atomic E-state index is 12.7. The number of fused-ring (bicyclic) bond motifs is 1. The maximum Gasteiger partial charge on any atom is 0.251 e. The van der Waals surface area contributed by atoms with Crippen molar-refractivity contribution in [3.05, 3.63) is 15.6 Å². The Hall–Kier alpha value is -0.400. The predicted octanol–water partition coefficient (Wildman–Crippen LogP) is 2.64. The number of hydrogen-bond donors (Lipinski definition) is 1. The fourth-order valence-electron chi connectivity index (χ4n) is 3.33. The van der Waals surface area contributed by atoms with E-state index in [-0.39, 0.29) is 49.0 Å². The molecule has 23 heavy (non-hydrogen) atoms. The van der Waals surface area contributed by atoms with E-state index in [0.29, 0.717) is 6.54 Å². The van der Waals surface area contributed by atoms with Crippen LogP contribution in [0.3, 0.4) is 0 Å². The number of carbonyl (C=O) groups is 1. The highest BCUT2D eigenvalue weighted by Gasteiger charge is 2.36. The molecule has 1 aromatic heterocycles. The molecule has 2 heterocycles. The Kier molecular flexibility index (Phi) is 7.74. The molecule has 3 atom stereocenters. The van der Waals surface area contributed by atoms with Crippen molar-refractivity contribution < 1.29 is 9.53 Å². The van der Waals surface area contributed by atoms with Gasteiger partial charge in [0.25, 0.3) is 5.91 Å². The first-order chi connectivity index (χ1) is 10.1. The van der Waals surface area contributed by atoms with Crippen molar-refractivity contribution in [2.45, 2.75) is 57.3 Å². The summed E-state index contributed by atoms with van der Waals surface area (Å²) in [5.74, 6) is 0.0925. The molecule has 3 rings (SSSR count). The molecule has 5 nitrogen and oxygen atoms in total. The normalized spacial score (nSPS) is 26.0. The van der Waals surface area contributed by atoms with E-state index in [1.165, 1.54) is 10.6 Å². The Bertz CT molecular complexity index is 541. The number of likely N-dealkylation sites (N-methyl/N-ethyl adjacent to an activating group) is 1. The molecule has 1 amide bonds. The lowest BCUT2D eigenvalue weighted by Gasteiger charge is -2.32. The number of nitrogens with zero attached hydrogens (tertiary/aromatic N) is 2. The maximum atomic E-state index is 12.7. The van der Waals surface area contributed by atoms with Crippen LogP contribution in [0.5, 0.6) is 0 Å². The van der Waals surface area contributed by atoms with E-state index >= 15 is 0 Å². The minimum Gasteiger partial charge on any atom is -0.364 e. The predicted molar refractivity (Wildman–Crippen MR) is 96.7 cm³/mol. The average molecular weight is 382 g/mol. The van der Waals surface area contributed by atoms with Gasteiger partial charge in [-0.15, -0.1) is 36.2 Å². The number of hydrogen-bond acceptors (Lipinski definition) is 5. The summed E-state index contributed by atoms with van der Waals surface area (Å²) in [4.78, 5) is 20.4. The lowest BCUT2D eigenvalue weighted by atomic mass is 9.96. The molecule has 0 saturated carbocycles. The van der Waals surface area contributed by atoms with Crippen molar-refractivity contribution in [1.82, 2.24) is 9.88 Å². The number of aromatic nitrogens is 1. The van der Waals surface area contributed by atoms with Gasteiger partial charge in [0.2, 0.25) is 0 Å². The second-order valence-corrected chi connectivity index (χ2v) is 7.20. The summed E-state index contributed by atoms with van der Waals surface area (Å²) < 4.78 is 5.75. The molecular weight excluding hydrogens is 357 g/mol. The molecule has 132 valence electrons. The minimum atomic E-state index is -0.317. The fraction of sp³-hybridized carbons (Fsp3) is 0.733. The number of nitrogens with two attached hydrogens (primary N) is 1. The number of aryl methyl sites for hydroxylation is 2. The number of rotatable bonds is 3. The van der Waals surface area contributed by atoms with E-state index in [9.17, 15) is 4.79 Å². The van der Waals surface area contributed by atoms with Crippen LogP contribution in [0.1, 0.15) is 47.3 Å². The Morgan fingerprint density at radius 3 is 2.78 bits per heavy atom. The second kappa shape index (κ2) is 8.62. The van der Waals surface area contributed by atoms with Gasteiger partial charge in [-0.1, -0.05) is 0 Å². The highest BCUT2D eigenvalue weighted by atomic mass is 35.5. The van der Waals surface area contributed by atoms with Crippen LogP contribution in [0, 0.1) is 6.92 Å². The summed E-state index contributed by atoms with van der Waals surface area (Å²) in [7, 11) is 1.90. The van der Waals surface area contributed by atoms with Crippen molar-refractivity contribution >= 4 is 42.1 Å². The minimum absolute atomic E-state index is 0. The van der Waals surface area contributed by atoms with Crippen molar-refractivity contribution in [1.29, 1.82) is 0 Å². The van der Waals surface area contributed by atoms with Gasteiger partial charge in [0, 0.05) is 13.6 Å². The second-order valence-electron chi connectivity index (χ2n) is 5.96. The topological polar surface area (TPSA) is 68.5 Å². The van der Waals surface area contributed by atoms with Crippen LogP contribution in [0.2, 0.25) is 0 Å². The molecular formula is C15H25Cl2N3O2S. The Morgan fingerprint density at radius 2 is 2.13 bits per heavy atom. The summed E-state index contributed by atoms with van der Waals surface area (Å²) in [6.07, 6.45) is 4.54. The van der Waals surface area contributed by atoms with Gasteiger partial charge >= 0.3 is 0 Å². The van der Waals surface area contributed by atoms with Crippen LogP contribution in [-0.4, -0.2) is 41.6 Å². The van der Waals surface area contributed by atoms with Crippen molar-refractivity contribution in [3.63, 3.8) is 0 Å². The quantitative estimate of drug-likeness (QED) is 0.873. The first-order valence-corrected chi connectivity index (χ1v) is 8.50. The van der Waals surface area contributed by atoms with Gasteiger partial charge in [-0.25, -0.2) is 4.98 Å². The number of ether oxygens (including phenoxy) is 1. The Balaban J connectivity index is 0.00000132. The molecule has 1 aromatic rings. The van der Waals surface area contributed by atoms with E-state index in [1.54, 1.807) is 11.3 Å². The van der Waals surface area contributed by atoms with Crippen LogP contribution in [0.25, 0.3) is 0 Å². The zero-order chi connectivity index (χ0) is 15.0. The van der Waals surface area contributed by atoms with Crippen molar-refractivity contribution in [2.24, 2.45) is 5.73 Å². The fourth-order valence-corrected chi connectivity index (χ4v) is 4.48. The van der Waals surface area contributed by atoms with Crippen LogP contribution < -0.4 is 5.73 Å². The molecule has 1 aliphatic carbocycles. The molecule has 1 fully saturated rings. The third kappa shape index (κ3) is 4.17. The Morgan fingerprint density at radius 1 is 1.39 bits per heavy atom. The third-order valence-electron chi connectivity index (χ3n) is 4.49.